The maximum Gasteiger partial charge on any atom is 0.195 e. The lowest BCUT2D eigenvalue weighted by molar-refractivity contribution is 0.510. The van der Waals surface area contributed by atoms with Gasteiger partial charge in [-0.3, -0.25) is 0 Å². The Balaban J connectivity index is 1.50. The van der Waals surface area contributed by atoms with Gasteiger partial charge in [0, 0.05) is 37.6 Å². The van der Waals surface area contributed by atoms with E-state index in [1.54, 1.807) is 31.5 Å². The molecule has 2 aliphatic rings. The highest BCUT2D eigenvalue weighted by molar-refractivity contribution is 5.96. The largest absolute Gasteiger partial charge is 0.363 e. The van der Waals surface area contributed by atoms with Crippen LogP contribution in [0.1, 0.15) is 30.7 Å². The third-order valence-corrected chi connectivity index (χ3v) is 5.03. The number of benzene rings is 1. The minimum Gasteiger partial charge on any atom is -0.363 e. The van der Waals surface area contributed by atoms with Crippen molar-refractivity contribution < 1.29 is 8.78 Å². The summed E-state index contributed by atoms with van der Waals surface area (Å²) in [6, 6.07) is 4.65. The first-order valence-electron chi connectivity index (χ1n) is 9.27. The van der Waals surface area contributed by atoms with Crippen molar-refractivity contribution in [2.75, 3.05) is 11.9 Å². The average Bonchev–Trinajstić information content (AvgIpc) is 3.56. The summed E-state index contributed by atoms with van der Waals surface area (Å²) in [5.74, 6) is -0.277. The van der Waals surface area contributed by atoms with Gasteiger partial charge in [-0.1, -0.05) is 0 Å². The predicted molar refractivity (Wildman–Crippen MR) is 108 cm³/mol. The van der Waals surface area contributed by atoms with Gasteiger partial charge in [0.1, 0.15) is 0 Å². The molecule has 0 amide bonds. The number of rotatable bonds is 6. The van der Waals surface area contributed by atoms with E-state index in [2.05, 4.69) is 25.6 Å². The molecule has 6 nitrogen and oxygen atoms in total. The second kappa shape index (κ2) is 7.90. The molecule has 1 aromatic heterocycles. The zero-order valence-electron chi connectivity index (χ0n) is 15.8. The van der Waals surface area contributed by atoms with E-state index in [1.165, 1.54) is 12.3 Å². The van der Waals surface area contributed by atoms with E-state index in [4.69, 9.17) is 5.41 Å². The lowest BCUT2D eigenvalue weighted by atomic mass is 10.0. The molecular weight excluding hydrogens is 374 g/mol. The second-order valence-corrected chi connectivity index (χ2v) is 7.10. The first kappa shape index (κ1) is 18.9. The molecule has 1 aliphatic heterocycles. The summed E-state index contributed by atoms with van der Waals surface area (Å²) in [6.45, 7) is 2.32. The SMILES string of the molecule is C/C(C=N)=C/Nc1cc(C2CC2C2=CN=C(c3ncccn3)NC2)cc(F)c1F. The molecule has 0 spiro atoms. The van der Waals surface area contributed by atoms with E-state index in [9.17, 15) is 8.78 Å². The minimum absolute atomic E-state index is 0.0733. The summed E-state index contributed by atoms with van der Waals surface area (Å²) in [7, 11) is 0. The van der Waals surface area contributed by atoms with Gasteiger partial charge in [0.15, 0.2) is 23.3 Å². The smallest absolute Gasteiger partial charge is 0.195 e. The third-order valence-electron chi connectivity index (χ3n) is 5.03. The molecule has 2 aromatic rings. The van der Waals surface area contributed by atoms with E-state index in [-0.39, 0.29) is 17.5 Å². The molecule has 2 atom stereocenters. The van der Waals surface area contributed by atoms with Gasteiger partial charge in [-0.05, 0) is 60.1 Å². The van der Waals surface area contributed by atoms with Crippen molar-refractivity contribution >= 4 is 17.7 Å². The molecule has 29 heavy (non-hydrogen) atoms. The second-order valence-electron chi connectivity index (χ2n) is 7.10. The minimum atomic E-state index is -0.921. The van der Waals surface area contributed by atoms with Crippen molar-refractivity contribution in [3.8, 4) is 0 Å². The van der Waals surface area contributed by atoms with Crippen molar-refractivity contribution in [3.05, 3.63) is 77.2 Å². The molecule has 2 unspecified atom stereocenters. The van der Waals surface area contributed by atoms with Crippen molar-refractivity contribution in [2.45, 2.75) is 19.3 Å². The highest BCUT2D eigenvalue weighted by atomic mass is 19.2. The summed E-state index contributed by atoms with van der Waals surface area (Å²) in [5, 5.41) is 13.2. The van der Waals surface area contributed by atoms with Crippen molar-refractivity contribution in [3.63, 3.8) is 0 Å². The van der Waals surface area contributed by atoms with Gasteiger partial charge in [-0.2, -0.15) is 0 Å². The number of hydrogen-bond acceptors (Lipinski definition) is 6. The molecule has 0 radical (unpaired) electrons. The first-order valence-corrected chi connectivity index (χ1v) is 9.27. The number of amidine groups is 1. The lowest BCUT2D eigenvalue weighted by Crippen LogP contribution is -2.31. The number of hydrogen-bond donors (Lipinski definition) is 3. The molecule has 1 aromatic carbocycles. The molecule has 2 heterocycles. The van der Waals surface area contributed by atoms with Gasteiger partial charge in [0.25, 0.3) is 0 Å². The topological polar surface area (TPSA) is 86.1 Å². The molecule has 8 heteroatoms. The van der Waals surface area contributed by atoms with E-state index in [0.29, 0.717) is 23.8 Å². The van der Waals surface area contributed by atoms with Crippen LogP contribution in [-0.2, 0) is 0 Å². The molecule has 148 valence electrons. The van der Waals surface area contributed by atoms with Crippen LogP contribution in [0.2, 0.25) is 0 Å². The monoisotopic (exact) mass is 394 g/mol. The van der Waals surface area contributed by atoms with Gasteiger partial charge in [-0.15, -0.1) is 0 Å². The van der Waals surface area contributed by atoms with Gasteiger partial charge >= 0.3 is 0 Å². The summed E-state index contributed by atoms with van der Waals surface area (Å²) in [5.41, 5.74) is 2.55. The first-order chi connectivity index (χ1) is 14.1. The maximum atomic E-state index is 14.1. The Bertz CT molecular complexity index is 1030. The van der Waals surface area contributed by atoms with Crippen LogP contribution < -0.4 is 10.6 Å². The van der Waals surface area contributed by atoms with E-state index in [1.807, 2.05) is 6.20 Å². The predicted octanol–water partition coefficient (Wildman–Crippen LogP) is 3.76. The van der Waals surface area contributed by atoms with Crippen LogP contribution in [0.15, 0.2) is 59.1 Å². The van der Waals surface area contributed by atoms with Gasteiger partial charge in [0.05, 0.1) is 5.69 Å². The van der Waals surface area contributed by atoms with Crippen LogP contribution in [-0.4, -0.2) is 28.6 Å². The van der Waals surface area contributed by atoms with Crippen LogP contribution in [0.5, 0.6) is 0 Å². The summed E-state index contributed by atoms with van der Waals surface area (Å²) < 4.78 is 28.2. The number of anilines is 1. The van der Waals surface area contributed by atoms with Crippen LogP contribution in [0, 0.1) is 23.0 Å². The van der Waals surface area contributed by atoms with E-state index >= 15 is 0 Å². The number of aliphatic imine (C=N–C) groups is 1. The van der Waals surface area contributed by atoms with Crippen LogP contribution in [0.25, 0.3) is 0 Å². The molecule has 3 N–H and O–H groups in total. The Hall–Kier alpha value is -3.42. The zero-order chi connectivity index (χ0) is 20.4. The fraction of sp³-hybridized carbons (Fsp3) is 0.238. The van der Waals surface area contributed by atoms with Crippen molar-refractivity contribution in [1.82, 2.24) is 15.3 Å². The Morgan fingerprint density at radius 3 is 2.72 bits per heavy atom. The molecule has 0 bridgehead atoms. The van der Waals surface area contributed by atoms with Gasteiger partial charge in [0.2, 0.25) is 0 Å². The quantitative estimate of drug-likeness (QED) is 0.651. The summed E-state index contributed by atoms with van der Waals surface area (Å²) >= 11 is 0. The molecule has 4 rings (SSSR count). The standard InChI is InChI=1S/C21H20F2N6/c1-12(8-24)9-27-18-6-13(5-17(22)19(18)23)15-7-16(15)14-10-28-21(29-11-14)20-25-3-2-4-26-20/h2-6,8-10,15-16,24,27H,7,11H2,1H3,(H,28,29)/b12-9-,24-8?. The maximum absolute atomic E-state index is 14.1. The number of allylic oxidation sites excluding steroid dienone is 1. The number of nitrogens with zero attached hydrogens (tertiary/aromatic N) is 3. The fourth-order valence-corrected chi connectivity index (χ4v) is 3.35. The van der Waals surface area contributed by atoms with Crippen LogP contribution >= 0.6 is 0 Å². The van der Waals surface area contributed by atoms with Crippen molar-refractivity contribution in [1.29, 1.82) is 5.41 Å². The lowest BCUT2D eigenvalue weighted by Gasteiger charge is -2.15. The molecule has 0 saturated heterocycles. The number of halogens is 2. The molecular formula is C21H20F2N6. The average molecular weight is 394 g/mol. The van der Waals surface area contributed by atoms with E-state index in [0.717, 1.165) is 23.8 Å². The molecule has 1 saturated carbocycles. The Labute approximate surface area is 167 Å². The fourth-order valence-electron chi connectivity index (χ4n) is 3.35. The highest BCUT2D eigenvalue weighted by Crippen LogP contribution is 2.52. The Kier molecular flexibility index (Phi) is 5.16. The highest BCUT2D eigenvalue weighted by Gasteiger charge is 2.42. The Morgan fingerprint density at radius 1 is 1.24 bits per heavy atom. The Morgan fingerprint density at radius 2 is 2.03 bits per heavy atom. The van der Waals surface area contributed by atoms with Crippen molar-refractivity contribution in [2.24, 2.45) is 10.9 Å². The van der Waals surface area contributed by atoms with Gasteiger partial charge < -0.3 is 16.0 Å². The molecule has 1 aliphatic carbocycles. The normalized spacial score (nSPS) is 21.0. The summed E-state index contributed by atoms with van der Waals surface area (Å²) in [6.07, 6.45) is 8.63. The van der Waals surface area contributed by atoms with Crippen LogP contribution in [0.3, 0.4) is 0 Å². The number of aromatic nitrogens is 2. The number of nitrogens with one attached hydrogen (secondary N) is 3. The van der Waals surface area contributed by atoms with Crippen LogP contribution in [0.4, 0.5) is 14.5 Å². The van der Waals surface area contributed by atoms with E-state index < -0.39 is 11.6 Å². The molecule has 1 fully saturated rings. The third kappa shape index (κ3) is 4.06. The van der Waals surface area contributed by atoms with Gasteiger partial charge in [-0.25, -0.2) is 23.7 Å². The zero-order valence-corrected chi connectivity index (χ0v) is 15.8. The summed E-state index contributed by atoms with van der Waals surface area (Å²) in [4.78, 5) is 12.8.